The topological polar surface area (TPSA) is 46.0 Å². The molecular weight excluding hydrogens is 390 g/mol. The maximum atomic E-state index is 5.81. The molecule has 4 heterocycles. The SMILES string of the molecule is Cc1ccc(N2C(=S)N[C@@H](c3ccccn3)[C@@H]2c2cccn2-c2cccnc2)cc1. The Morgan fingerprint density at radius 2 is 1.77 bits per heavy atom. The molecule has 5 nitrogen and oxygen atoms in total. The highest BCUT2D eigenvalue weighted by atomic mass is 32.1. The first kappa shape index (κ1) is 18.5. The number of hydrogen-bond acceptors (Lipinski definition) is 3. The molecule has 0 bridgehead atoms. The van der Waals surface area contributed by atoms with E-state index in [0.29, 0.717) is 5.11 Å². The standard InChI is InChI=1S/C24H21N5S/c1-17-9-11-18(12-10-17)29-23(22(27-24(29)30)20-7-2-3-14-26-20)21-8-5-15-28(21)19-6-4-13-25-16-19/h2-16,22-23H,1H3,(H,27,30)/t22-,23-/m0/s1. The van der Waals surface area contributed by atoms with E-state index in [2.05, 4.69) is 80.3 Å². The Labute approximate surface area is 181 Å². The van der Waals surface area contributed by atoms with Crippen molar-refractivity contribution >= 4 is 23.0 Å². The first-order chi connectivity index (χ1) is 14.7. The predicted octanol–water partition coefficient (Wildman–Crippen LogP) is 4.75. The number of hydrogen-bond donors (Lipinski definition) is 1. The van der Waals surface area contributed by atoms with Gasteiger partial charge < -0.3 is 14.8 Å². The summed E-state index contributed by atoms with van der Waals surface area (Å²) in [6, 6.07) is 22.5. The number of aromatic nitrogens is 3. The maximum Gasteiger partial charge on any atom is 0.174 e. The Morgan fingerprint density at radius 3 is 2.50 bits per heavy atom. The molecule has 1 saturated heterocycles. The number of pyridine rings is 2. The summed E-state index contributed by atoms with van der Waals surface area (Å²) in [4.78, 5) is 11.1. The molecule has 0 unspecified atom stereocenters. The zero-order valence-electron chi connectivity index (χ0n) is 16.5. The monoisotopic (exact) mass is 411 g/mol. The van der Waals surface area contributed by atoms with Gasteiger partial charge in [-0.3, -0.25) is 9.97 Å². The Balaban J connectivity index is 1.67. The molecular formula is C24H21N5S. The second-order valence-electron chi connectivity index (χ2n) is 7.35. The molecule has 1 aliphatic heterocycles. The minimum Gasteiger partial charge on any atom is -0.351 e. The highest BCUT2D eigenvalue weighted by Crippen LogP contribution is 2.42. The molecule has 1 fully saturated rings. The zero-order chi connectivity index (χ0) is 20.5. The normalized spacial score (nSPS) is 18.4. The second kappa shape index (κ2) is 7.72. The van der Waals surface area contributed by atoms with E-state index >= 15 is 0 Å². The van der Waals surface area contributed by atoms with Crippen LogP contribution in [0.3, 0.4) is 0 Å². The quantitative estimate of drug-likeness (QED) is 0.491. The van der Waals surface area contributed by atoms with Crippen LogP contribution in [0.2, 0.25) is 0 Å². The molecule has 0 radical (unpaired) electrons. The number of rotatable bonds is 4. The van der Waals surface area contributed by atoms with Gasteiger partial charge in [0, 0.05) is 30.0 Å². The van der Waals surface area contributed by atoms with Gasteiger partial charge in [-0.05, 0) is 67.7 Å². The van der Waals surface area contributed by atoms with Crippen LogP contribution >= 0.6 is 12.2 Å². The lowest BCUT2D eigenvalue weighted by molar-refractivity contribution is 0.549. The summed E-state index contributed by atoms with van der Waals surface area (Å²) in [6.45, 7) is 2.09. The predicted molar refractivity (Wildman–Crippen MR) is 123 cm³/mol. The molecule has 0 aliphatic carbocycles. The van der Waals surface area contributed by atoms with Crippen LogP contribution < -0.4 is 10.2 Å². The van der Waals surface area contributed by atoms with E-state index < -0.39 is 0 Å². The molecule has 0 spiro atoms. The Bertz CT molecular complexity index is 1160. The smallest absolute Gasteiger partial charge is 0.174 e. The molecule has 0 amide bonds. The van der Waals surface area contributed by atoms with Crippen molar-refractivity contribution in [1.29, 1.82) is 0 Å². The number of benzene rings is 1. The van der Waals surface area contributed by atoms with Gasteiger partial charge in [-0.15, -0.1) is 0 Å². The molecule has 148 valence electrons. The van der Waals surface area contributed by atoms with E-state index in [1.54, 1.807) is 6.20 Å². The van der Waals surface area contributed by atoms with Crippen LogP contribution in [0, 0.1) is 6.92 Å². The second-order valence-corrected chi connectivity index (χ2v) is 7.73. The Kier molecular flexibility index (Phi) is 4.77. The van der Waals surface area contributed by atoms with E-state index in [1.165, 1.54) is 5.56 Å². The van der Waals surface area contributed by atoms with E-state index in [0.717, 1.165) is 22.8 Å². The highest BCUT2D eigenvalue weighted by molar-refractivity contribution is 7.80. The van der Waals surface area contributed by atoms with Gasteiger partial charge in [0.15, 0.2) is 5.11 Å². The van der Waals surface area contributed by atoms with E-state index in [4.69, 9.17) is 12.2 Å². The summed E-state index contributed by atoms with van der Waals surface area (Å²) in [6.07, 6.45) is 7.55. The number of thiocarbonyl (C=S) groups is 1. The van der Waals surface area contributed by atoms with Gasteiger partial charge in [0.25, 0.3) is 0 Å². The summed E-state index contributed by atoms with van der Waals surface area (Å²) >= 11 is 5.81. The van der Waals surface area contributed by atoms with Gasteiger partial charge in [0.1, 0.15) is 6.04 Å². The van der Waals surface area contributed by atoms with Crippen molar-refractivity contribution in [2.24, 2.45) is 0 Å². The maximum absolute atomic E-state index is 5.81. The van der Waals surface area contributed by atoms with Crippen molar-refractivity contribution < 1.29 is 0 Å². The minimum atomic E-state index is -0.0784. The molecule has 6 heteroatoms. The fourth-order valence-corrected chi connectivity index (χ4v) is 4.35. The van der Waals surface area contributed by atoms with Crippen LogP contribution in [0.25, 0.3) is 5.69 Å². The highest BCUT2D eigenvalue weighted by Gasteiger charge is 2.42. The Morgan fingerprint density at radius 1 is 0.900 bits per heavy atom. The number of nitrogens with zero attached hydrogens (tertiary/aromatic N) is 4. The molecule has 1 aliphatic rings. The Hall–Kier alpha value is -3.51. The third-order valence-corrected chi connectivity index (χ3v) is 5.73. The summed E-state index contributed by atoms with van der Waals surface area (Å²) in [5.41, 5.74) is 5.36. The average Bonchev–Trinajstić information content (AvgIpc) is 3.40. The largest absolute Gasteiger partial charge is 0.351 e. The van der Waals surface area contributed by atoms with Crippen LogP contribution in [0.4, 0.5) is 5.69 Å². The summed E-state index contributed by atoms with van der Waals surface area (Å²) in [7, 11) is 0. The van der Waals surface area contributed by atoms with Crippen LogP contribution in [-0.4, -0.2) is 19.6 Å². The third-order valence-electron chi connectivity index (χ3n) is 5.42. The molecule has 30 heavy (non-hydrogen) atoms. The van der Waals surface area contributed by atoms with Crippen LogP contribution in [-0.2, 0) is 0 Å². The minimum absolute atomic E-state index is 0.0645. The molecule has 3 aromatic heterocycles. The van der Waals surface area contributed by atoms with E-state index in [9.17, 15) is 0 Å². The van der Waals surface area contributed by atoms with Crippen LogP contribution in [0.15, 0.2) is 91.5 Å². The summed E-state index contributed by atoms with van der Waals surface area (Å²) < 4.78 is 2.17. The number of nitrogens with one attached hydrogen (secondary N) is 1. The fourth-order valence-electron chi connectivity index (χ4n) is 4.01. The van der Waals surface area contributed by atoms with Crippen molar-refractivity contribution in [3.05, 3.63) is 108 Å². The van der Waals surface area contributed by atoms with Gasteiger partial charge in [-0.1, -0.05) is 23.8 Å². The lowest BCUT2D eigenvalue weighted by Crippen LogP contribution is -2.30. The average molecular weight is 412 g/mol. The summed E-state index contributed by atoms with van der Waals surface area (Å²) in [5, 5.41) is 4.21. The molecule has 1 aromatic carbocycles. The van der Waals surface area contributed by atoms with Gasteiger partial charge in [0.05, 0.1) is 23.6 Å². The van der Waals surface area contributed by atoms with Crippen molar-refractivity contribution in [2.75, 3.05) is 4.90 Å². The van der Waals surface area contributed by atoms with Crippen molar-refractivity contribution in [2.45, 2.75) is 19.0 Å². The van der Waals surface area contributed by atoms with Gasteiger partial charge in [-0.25, -0.2) is 0 Å². The summed E-state index contributed by atoms with van der Waals surface area (Å²) in [5.74, 6) is 0. The zero-order valence-corrected chi connectivity index (χ0v) is 17.3. The third kappa shape index (κ3) is 3.25. The first-order valence-corrected chi connectivity index (χ1v) is 10.3. The van der Waals surface area contributed by atoms with E-state index in [1.807, 2.05) is 36.7 Å². The van der Waals surface area contributed by atoms with Crippen molar-refractivity contribution in [3.8, 4) is 5.69 Å². The van der Waals surface area contributed by atoms with Gasteiger partial charge in [0.2, 0.25) is 0 Å². The van der Waals surface area contributed by atoms with Gasteiger partial charge >= 0.3 is 0 Å². The lowest BCUT2D eigenvalue weighted by atomic mass is 10.0. The molecule has 4 aromatic rings. The molecule has 1 N–H and O–H groups in total. The fraction of sp³-hybridized carbons (Fsp3) is 0.125. The van der Waals surface area contributed by atoms with Crippen LogP contribution in [0.5, 0.6) is 0 Å². The van der Waals surface area contributed by atoms with Crippen molar-refractivity contribution in [3.63, 3.8) is 0 Å². The molecule has 0 saturated carbocycles. The van der Waals surface area contributed by atoms with Crippen LogP contribution in [0.1, 0.15) is 29.0 Å². The molecule has 2 atom stereocenters. The first-order valence-electron chi connectivity index (χ1n) is 9.87. The molecule has 5 rings (SSSR count). The number of anilines is 1. The lowest BCUT2D eigenvalue weighted by Gasteiger charge is -2.29. The van der Waals surface area contributed by atoms with E-state index in [-0.39, 0.29) is 12.1 Å². The van der Waals surface area contributed by atoms with Gasteiger partial charge in [-0.2, -0.15) is 0 Å². The van der Waals surface area contributed by atoms with Crippen molar-refractivity contribution in [1.82, 2.24) is 19.9 Å². The number of aryl methyl sites for hydroxylation is 1.